The van der Waals surface area contributed by atoms with Crippen LogP contribution in [0.4, 0.5) is 19.0 Å². The van der Waals surface area contributed by atoms with Gasteiger partial charge in [0.2, 0.25) is 5.91 Å². The standard InChI is InChI=1S/C25H32F3N5O3/c1-14(2)32(3)16-6-8-21(18(12-16)24(35)36-4)33-10-9-20(23(33)34)31-22-17-11-15(25(26,27)28)5-7-19(17)29-13-30-22/h5,7,11,13-14,16,18,20-21H,6,8-10,12H2,1-4H3,(H,29,30,31)/t16-,18-,20?,21+/m1/s1. The zero-order chi connectivity index (χ0) is 26.2. The minimum absolute atomic E-state index is 0.179. The highest BCUT2D eigenvalue weighted by Gasteiger charge is 2.45. The fourth-order valence-corrected chi connectivity index (χ4v) is 5.38. The Kier molecular flexibility index (Phi) is 7.40. The fourth-order valence-electron chi connectivity index (χ4n) is 5.38. The average molecular weight is 508 g/mol. The number of esters is 1. The number of hydrogen-bond acceptors (Lipinski definition) is 7. The Labute approximate surface area is 208 Å². The molecule has 0 radical (unpaired) electrons. The van der Waals surface area contributed by atoms with Gasteiger partial charge in [0.05, 0.1) is 24.1 Å². The fraction of sp³-hybridized carbons (Fsp3) is 0.600. The molecule has 2 fully saturated rings. The van der Waals surface area contributed by atoms with Crippen molar-refractivity contribution in [3.63, 3.8) is 0 Å². The van der Waals surface area contributed by atoms with Crippen molar-refractivity contribution in [2.24, 2.45) is 5.92 Å². The normalized spacial score (nSPS) is 25.1. The number of methoxy groups -OCH3 is 1. The van der Waals surface area contributed by atoms with Crippen molar-refractivity contribution < 1.29 is 27.5 Å². The smallest absolute Gasteiger partial charge is 0.416 e. The van der Waals surface area contributed by atoms with Gasteiger partial charge in [-0.25, -0.2) is 9.97 Å². The van der Waals surface area contributed by atoms with Gasteiger partial charge in [-0.05, 0) is 64.8 Å². The minimum atomic E-state index is -4.51. The van der Waals surface area contributed by atoms with Crippen LogP contribution in [0.25, 0.3) is 10.9 Å². The first kappa shape index (κ1) is 26.1. The number of aromatic nitrogens is 2. The molecule has 1 N–H and O–H groups in total. The van der Waals surface area contributed by atoms with E-state index in [1.165, 1.54) is 19.5 Å². The first-order chi connectivity index (χ1) is 17.0. The van der Waals surface area contributed by atoms with Crippen molar-refractivity contribution >= 4 is 28.6 Å². The molecule has 1 saturated carbocycles. The van der Waals surface area contributed by atoms with Crippen LogP contribution in [-0.4, -0.2) is 76.5 Å². The predicted octanol–water partition coefficient (Wildman–Crippen LogP) is 3.71. The van der Waals surface area contributed by atoms with E-state index < -0.39 is 23.7 Å². The maximum absolute atomic E-state index is 13.4. The molecular formula is C25H32F3N5O3. The van der Waals surface area contributed by atoms with E-state index in [0.29, 0.717) is 37.4 Å². The Morgan fingerprint density at radius 1 is 1.22 bits per heavy atom. The number of fused-ring (bicyclic) bond motifs is 1. The van der Waals surface area contributed by atoms with Crippen LogP contribution in [0.15, 0.2) is 24.5 Å². The van der Waals surface area contributed by atoms with Gasteiger partial charge in [-0.1, -0.05) is 0 Å². The number of halogens is 3. The zero-order valence-electron chi connectivity index (χ0n) is 20.9. The van der Waals surface area contributed by atoms with Gasteiger partial charge in [0.25, 0.3) is 0 Å². The summed E-state index contributed by atoms with van der Waals surface area (Å²) in [6.07, 6.45) is -0.675. The number of amides is 1. The SMILES string of the molecule is COC(=O)[C@@H]1C[C@H](N(C)C(C)C)CC[C@@H]1N1CCC(Nc2ncnc3ccc(C(F)(F)F)cc23)C1=O. The third-order valence-electron chi connectivity index (χ3n) is 7.59. The first-order valence-electron chi connectivity index (χ1n) is 12.2. The van der Waals surface area contributed by atoms with E-state index in [-0.39, 0.29) is 35.2 Å². The number of alkyl halides is 3. The summed E-state index contributed by atoms with van der Waals surface area (Å²) in [7, 11) is 3.40. The molecule has 1 aromatic carbocycles. The van der Waals surface area contributed by atoms with Crippen molar-refractivity contribution in [1.82, 2.24) is 19.8 Å². The molecular weight excluding hydrogens is 475 g/mol. The summed E-state index contributed by atoms with van der Waals surface area (Å²) in [5.74, 6) is -0.777. The molecule has 1 saturated heterocycles. The van der Waals surface area contributed by atoms with Gasteiger partial charge in [0.15, 0.2) is 0 Å². The lowest BCUT2D eigenvalue weighted by atomic mass is 9.80. The summed E-state index contributed by atoms with van der Waals surface area (Å²) >= 11 is 0. The summed E-state index contributed by atoms with van der Waals surface area (Å²) in [5, 5.41) is 3.24. The molecule has 11 heteroatoms. The van der Waals surface area contributed by atoms with Crippen LogP contribution in [0.3, 0.4) is 0 Å². The molecule has 2 aromatic rings. The molecule has 4 rings (SSSR count). The number of anilines is 1. The summed E-state index contributed by atoms with van der Waals surface area (Å²) in [6, 6.07) is 2.86. The van der Waals surface area contributed by atoms with Gasteiger partial charge in [-0.3, -0.25) is 9.59 Å². The second-order valence-electron chi connectivity index (χ2n) is 9.89. The van der Waals surface area contributed by atoms with Crippen LogP contribution < -0.4 is 5.32 Å². The maximum Gasteiger partial charge on any atom is 0.416 e. The highest BCUT2D eigenvalue weighted by atomic mass is 19.4. The molecule has 8 nitrogen and oxygen atoms in total. The van der Waals surface area contributed by atoms with Crippen LogP contribution in [0, 0.1) is 5.92 Å². The lowest BCUT2D eigenvalue weighted by Gasteiger charge is -2.43. The van der Waals surface area contributed by atoms with Gasteiger partial charge in [0, 0.05) is 30.1 Å². The van der Waals surface area contributed by atoms with Crippen LogP contribution in [0.5, 0.6) is 0 Å². The number of rotatable bonds is 6. The first-order valence-corrected chi connectivity index (χ1v) is 12.2. The average Bonchev–Trinajstić information content (AvgIpc) is 3.21. The Morgan fingerprint density at radius 3 is 2.64 bits per heavy atom. The quantitative estimate of drug-likeness (QED) is 0.597. The largest absolute Gasteiger partial charge is 0.469 e. The van der Waals surface area contributed by atoms with E-state index in [0.717, 1.165) is 18.6 Å². The van der Waals surface area contributed by atoms with Crippen LogP contribution in [-0.2, 0) is 20.5 Å². The molecule has 1 aliphatic carbocycles. The van der Waals surface area contributed by atoms with E-state index in [9.17, 15) is 22.8 Å². The van der Waals surface area contributed by atoms with E-state index in [1.807, 2.05) is 7.05 Å². The van der Waals surface area contributed by atoms with Crippen LogP contribution >= 0.6 is 0 Å². The topological polar surface area (TPSA) is 87.7 Å². The molecule has 1 aromatic heterocycles. The second kappa shape index (κ2) is 10.2. The van der Waals surface area contributed by atoms with E-state index in [1.54, 1.807) is 4.90 Å². The van der Waals surface area contributed by atoms with Gasteiger partial charge < -0.3 is 19.9 Å². The van der Waals surface area contributed by atoms with Gasteiger partial charge in [-0.2, -0.15) is 13.2 Å². The number of carbonyl (C=O) groups excluding carboxylic acids is 2. The van der Waals surface area contributed by atoms with Crippen molar-refractivity contribution in [3.05, 3.63) is 30.1 Å². The number of nitrogens with zero attached hydrogens (tertiary/aromatic N) is 4. The third-order valence-corrected chi connectivity index (χ3v) is 7.59. The van der Waals surface area contributed by atoms with Crippen molar-refractivity contribution in [1.29, 1.82) is 0 Å². The Bertz CT molecular complexity index is 1130. The number of ether oxygens (including phenoxy) is 1. The summed E-state index contributed by atoms with van der Waals surface area (Å²) in [5.41, 5.74) is -0.461. The summed E-state index contributed by atoms with van der Waals surface area (Å²) in [6.45, 7) is 4.65. The lowest BCUT2D eigenvalue weighted by molar-refractivity contribution is -0.152. The van der Waals surface area contributed by atoms with Crippen LogP contribution in [0.2, 0.25) is 0 Å². The van der Waals surface area contributed by atoms with E-state index >= 15 is 0 Å². The number of likely N-dealkylation sites (tertiary alicyclic amines) is 1. The molecule has 2 heterocycles. The summed E-state index contributed by atoms with van der Waals surface area (Å²) < 4.78 is 44.9. The highest BCUT2D eigenvalue weighted by Crippen LogP contribution is 2.36. The van der Waals surface area contributed by atoms with Crippen molar-refractivity contribution in [2.75, 3.05) is 26.0 Å². The Hall–Kier alpha value is -2.95. The minimum Gasteiger partial charge on any atom is -0.469 e. The molecule has 0 bridgehead atoms. The molecule has 1 unspecified atom stereocenters. The molecule has 0 spiro atoms. The van der Waals surface area contributed by atoms with E-state index in [2.05, 4.69) is 34.0 Å². The monoisotopic (exact) mass is 507 g/mol. The zero-order valence-corrected chi connectivity index (χ0v) is 20.9. The molecule has 196 valence electrons. The van der Waals surface area contributed by atoms with Gasteiger partial charge in [-0.15, -0.1) is 0 Å². The Morgan fingerprint density at radius 2 is 1.97 bits per heavy atom. The summed E-state index contributed by atoms with van der Waals surface area (Å²) in [4.78, 5) is 38.3. The molecule has 4 atom stereocenters. The molecule has 2 aliphatic rings. The number of benzene rings is 1. The van der Waals surface area contributed by atoms with Crippen molar-refractivity contribution in [2.45, 2.75) is 69.9 Å². The molecule has 1 amide bonds. The maximum atomic E-state index is 13.4. The Balaban J connectivity index is 1.53. The number of carbonyl (C=O) groups is 2. The van der Waals surface area contributed by atoms with Crippen molar-refractivity contribution in [3.8, 4) is 0 Å². The lowest BCUT2D eigenvalue weighted by Crippen LogP contribution is -2.53. The third kappa shape index (κ3) is 5.11. The number of hydrogen-bond donors (Lipinski definition) is 1. The predicted molar refractivity (Wildman–Crippen MR) is 128 cm³/mol. The van der Waals surface area contributed by atoms with Crippen LogP contribution in [0.1, 0.15) is 45.1 Å². The molecule has 36 heavy (non-hydrogen) atoms. The highest BCUT2D eigenvalue weighted by molar-refractivity contribution is 5.93. The number of nitrogens with one attached hydrogen (secondary N) is 1. The van der Waals surface area contributed by atoms with Gasteiger partial charge in [0.1, 0.15) is 18.2 Å². The molecule has 1 aliphatic heterocycles. The second-order valence-corrected chi connectivity index (χ2v) is 9.89. The van der Waals surface area contributed by atoms with E-state index in [4.69, 9.17) is 4.74 Å². The van der Waals surface area contributed by atoms with Gasteiger partial charge >= 0.3 is 12.1 Å².